The standard InChI is InChI=1S/C29H46N2O4S2/c1-2-3-4-5-6-7-8-9-10-11-12-13-14-15-16-17-18-19-20-21-28(34)30-22-24-36-37-25-23-31-29(35)27(33)26-32/h3-4,6-7,9-10,12-13,15-16,18-19,27,32-33H,2,5,8,11,14,17,20-26H2,1H3,(H,30,34)(H,31,35). The van der Waals surface area contributed by atoms with Crippen molar-refractivity contribution in [2.24, 2.45) is 0 Å². The number of aliphatic hydroxyl groups is 2. The molecule has 0 saturated carbocycles. The number of rotatable bonds is 23. The predicted octanol–water partition coefficient (Wildman–Crippen LogP) is 5.43. The summed E-state index contributed by atoms with van der Waals surface area (Å²) in [4.78, 5) is 23.1. The van der Waals surface area contributed by atoms with E-state index in [1.807, 2.05) is 6.08 Å². The number of amides is 2. The first-order valence-corrected chi connectivity index (χ1v) is 15.6. The number of nitrogens with one attached hydrogen (secondary N) is 2. The second-order valence-electron chi connectivity index (χ2n) is 7.94. The summed E-state index contributed by atoms with van der Waals surface area (Å²) in [5.74, 6) is 0.956. The molecule has 0 spiro atoms. The topological polar surface area (TPSA) is 98.7 Å². The number of aliphatic hydroxyl groups excluding tert-OH is 2. The minimum Gasteiger partial charge on any atom is -0.393 e. The SMILES string of the molecule is CCC=CCC=CCC=CCC=CCC=CCC=CCCC(=O)NCCSSCCNC(=O)C(O)CO. The van der Waals surface area contributed by atoms with E-state index in [1.54, 1.807) is 21.6 Å². The Hall–Kier alpha value is -2.00. The van der Waals surface area contributed by atoms with Crippen LogP contribution < -0.4 is 10.6 Å². The summed E-state index contributed by atoms with van der Waals surface area (Å²) >= 11 is 0. The van der Waals surface area contributed by atoms with Crippen molar-refractivity contribution in [1.29, 1.82) is 0 Å². The van der Waals surface area contributed by atoms with Crippen LogP contribution in [0.5, 0.6) is 0 Å². The van der Waals surface area contributed by atoms with Crippen LogP contribution in [0.15, 0.2) is 72.9 Å². The van der Waals surface area contributed by atoms with Crippen molar-refractivity contribution in [3.63, 3.8) is 0 Å². The smallest absolute Gasteiger partial charge is 0.251 e. The van der Waals surface area contributed by atoms with Gasteiger partial charge in [-0.1, -0.05) is 101 Å². The van der Waals surface area contributed by atoms with Crippen LogP contribution >= 0.6 is 21.6 Å². The molecule has 8 heteroatoms. The van der Waals surface area contributed by atoms with Crippen LogP contribution in [-0.4, -0.2) is 59.3 Å². The molecule has 0 aliphatic carbocycles. The van der Waals surface area contributed by atoms with E-state index in [4.69, 9.17) is 10.2 Å². The molecule has 6 nitrogen and oxygen atoms in total. The molecule has 0 aliphatic rings. The normalized spacial score (nSPS) is 13.3. The van der Waals surface area contributed by atoms with Crippen LogP contribution in [0.3, 0.4) is 0 Å². The average molecular weight is 551 g/mol. The van der Waals surface area contributed by atoms with Gasteiger partial charge >= 0.3 is 0 Å². The molecule has 208 valence electrons. The summed E-state index contributed by atoms with van der Waals surface area (Å²) in [5.41, 5.74) is 0. The van der Waals surface area contributed by atoms with E-state index in [9.17, 15) is 9.59 Å². The average Bonchev–Trinajstić information content (AvgIpc) is 2.90. The van der Waals surface area contributed by atoms with Crippen LogP contribution in [0.1, 0.15) is 58.3 Å². The third-order valence-electron chi connectivity index (χ3n) is 4.69. The van der Waals surface area contributed by atoms with E-state index in [0.717, 1.165) is 50.7 Å². The molecule has 0 aliphatic heterocycles. The fourth-order valence-corrected chi connectivity index (χ4v) is 4.52. The second kappa shape index (κ2) is 28.6. The third kappa shape index (κ3) is 26.9. The van der Waals surface area contributed by atoms with Crippen LogP contribution in [0.25, 0.3) is 0 Å². The maximum atomic E-state index is 11.8. The van der Waals surface area contributed by atoms with Gasteiger partial charge in [-0.05, 0) is 44.9 Å². The number of hydrogen-bond acceptors (Lipinski definition) is 6. The molecule has 0 aromatic heterocycles. The van der Waals surface area contributed by atoms with Crippen molar-refractivity contribution in [2.75, 3.05) is 31.2 Å². The Bertz CT molecular complexity index is 746. The van der Waals surface area contributed by atoms with Gasteiger partial charge in [0.05, 0.1) is 6.61 Å². The van der Waals surface area contributed by atoms with Crippen LogP contribution in [-0.2, 0) is 9.59 Å². The van der Waals surface area contributed by atoms with E-state index in [1.165, 1.54) is 0 Å². The van der Waals surface area contributed by atoms with Gasteiger partial charge in [-0.3, -0.25) is 9.59 Å². The molecule has 0 heterocycles. The molecule has 37 heavy (non-hydrogen) atoms. The fraction of sp³-hybridized carbons (Fsp3) is 0.517. The lowest BCUT2D eigenvalue weighted by Crippen LogP contribution is -2.37. The largest absolute Gasteiger partial charge is 0.393 e. The Balaban J connectivity index is 3.54. The molecule has 0 rings (SSSR count). The summed E-state index contributed by atoms with van der Waals surface area (Å²) in [7, 11) is 3.20. The Kier molecular flexibility index (Phi) is 27.0. The minimum absolute atomic E-state index is 0.0513. The maximum absolute atomic E-state index is 11.8. The van der Waals surface area contributed by atoms with Gasteiger partial charge in [0.25, 0.3) is 5.91 Å². The lowest BCUT2D eigenvalue weighted by molar-refractivity contribution is -0.131. The first kappa shape index (κ1) is 35.0. The molecule has 0 aromatic carbocycles. The van der Waals surface area contributed by atoms with Gasteiger partial charge in [-0.15, -0.1) is 0 Å². The second-order valence-corrected chi connectivity index (χ2v) is 10.6. The van der Waals surface area contributed by atoms with Crippen molar-refractivity contribution in [1.82, 2.24) is 10.6 Å². The maximum Gasteiger partial charge on any atom is 0.251 e. The molecule has 1 atom stereocenters. The highest BCUT2D eigenvalue weighted by atomic mass is 33.1. The Morgan fingerprint density at radius 2 is 1.14 bits per heavy atom. The zero-order valence-corrected chi connectivity index (χ0v) is 23.9. The first-order chi connectivity index (χ1) is 18.1. The van der Waals surface area contributed by atoms with Crippen molar-refractivity contribution >= 4 is 33.4 Å². The summed E-state index contributed by atoms with van der Waals surface area (Å²) < 4.78 is 0. The van der Waals surface area contributed by atoms with Crippen molar-refractivity contribution < 1.29 is 19.8 Å². The summed E-state index contributed by atoms with van der Waals surface area (Å²) in [6.45, 7) is 2.60. The number of carbonyl (C=O) groups is 2. The summed E-state index contributed by atoms with van der Waals surface area (Å²) in [6.07, 6.45) is 31.7. The molecule has 0 bridgehead atoms. The Morgan fingerprint density at radius 3 is 1.59 bits per heavy atom. The van der Waals surface area contributed by atoms with E-state index < -0.39 is 18.6 Å². The lowest BCUT2D eigenvalue weighted by atomic mass is 10.2. The van der Waals surface area contributed by atoms with Gasteiger partial charge in [0.2, 0.25) is 5.91 Å². The van der Waals surface area contributed by atoms with E-state index in [2.05, 4.69) is 84.4 Å². The highest BCUT2D eigenvalue weighted by Gasteiger charge is 2.11. The van der Waals surface area contributed by atoms with Crippen molar-refractivity contribution in [3.8, 4) is 0 Å². The predicted molar refractivity (Wildman–Crippen MR) is 161 cm³/mol. The van der Waals surface area contributed by atoms with Gasteiger partial charge in [-0.2, -0.15) is 0 Å². The molecule has 0 aromatic rings. The quantitative estimate of drug-likeness (QED) is 0.0769. The van der Waals surface area contributed by atoms with Gasteiger partial charge < -0.3 is 20.8 Å². The number of allylic oxidation sites excluding steroid dienone is 12. The van der Waals surface area contributed by atoms with Crippen LogP contribution in [0.4, 0.5) is 0 Å². The fourth-order valence-electron chi connectivity index (χ4n) is 2.71. The van der Waals surface area contributed by atoms with Crippen molar-refractivity contribution in [3.05, 3.63) is 72.9 Å². The van der Waals surface area contributed by atoms with Crippen LogP contribution in [0.2, 0.25) is 0 Å². The van der Waals surface area contributed by atoms with Gasteiger partial charge in [0, 0.05) is 31.0 Å². The van der Waals surface area contributed by atoms with E-state index in [0.29, 0.717) is 25.3 Å². The summed E-state index contributed by atoms with van der Waals surface area (Å²) in [6, 6.07) is 0. The van der Waals surface area contributed by atoms with E-state index in [-0.39, 0.29) is 5.91 Å². The molecule has 4 N–H and O–H groups in total. The molecule has 1 unspecified atom stereocenters. The van der Waals surface area contributed by atoms with Gasteiger partial charge in [0.1, 0.15) is 0 Å². The highest BCUT2D eigenvalue weighted by molar-refractivity contribution is 8.76. The number of carbonyl (C=O) groups excluding carboxylic acids is 2. The number of hydrogen-bond donors (Lipinski definition) is 4. The first-order valence-electron chi connectivity index (χ1n) is 13.1. The molecule has 2 amide bonds. The van der Waals surface area contributed by atoms with Crippen molar-refractivity contribution in [2.45, 2.75) is 64.4 Å². The van der Waals surface area contributed by atoms with E-state index >= 15 is 0 Å². The lowest BCUT2D eigenvalue weighted by Gasteiger charge is -2.08. The Morgan fingerprint density at radius 1 is 0.703 bits per heavy atom. The van der Waals surface area contributed by atoms with Crippen LogP contribution in [0, 0.1) is 0 Å². The Labute approximate surface area is 231 Å². The zero-order valence-electron chi connectivity index (χ0n) is 22.2. The molecule has 0 fully saturated rings. The highest BCUT2D eigenvalue weighted by Crippen LogP contribution is 2.19. The molecule has 0 saturated heterocycles. The zero-order chi connectivity index (χ0) is 27.2. The third-order valence-corrected chi connectivity index (χ3v) is 7.09. The summed E-state index contributed by atoms with van der Waals surface area (Å²) in [5, 5.41) is 23.2. The van der Waals surface area contributed by atoms with Gasteiger partial charge in [0.15, 0.2) is 6.10 Å². The molecular formula is C29H46N2O4S2. The van der Waals surface area contributed by atoms with Gasteiger partial charge in [-0.25, -0.2) is 0 Å². The monoisotopic (exact) mass is 550 g/mol. The minimum atomic E-state index is -1.36. The molecular weight excluding hydrogens is 504 g/mol. The molecule has 0 radical (unpaired) electrons.